The van der Waals surface area contributed by atoms with Gasteiger partial charge in [0.05, 0.1) is 6.61 Å². The van der Waals surface area contributed by atoms with Crippen LogP contribution in [0.5, 0.6) is 0 Å². The summed E-state index contributed by atoms with van der Waals surface area (Å²) in [6, 6.07) is 9.74. The number of methoxy groups -OCH3 is 1. The van der Waals surface area contributed by atoms with Crippen molar-refractivity contribution in [3.8, 4) is 0 Å². The van der Waals surface area contributed by atoms with Gasteiger partial charge in [0.2, 0.25) is 0 Å². The number of hydrogen-bond donors (Lipinski definition) is 1. The zero-order chi connectivity index (χ0) is 13.7. The average Bonchev–Trinajstić information content (AvgIpc) is 2.73. The van der Waals surface area contributed by atoms with E-state index in [0.717, 1.165) is 32.5 Å². The number of nitrogens with one attached hydrogen (secondary N) is 1. The molecule has 0 radical (unpaired) electrons. The molecule has 1 N–H and O–H groups in total. The highest BCUT2D eigenvalue weighted by Gasteiger charge is 2.27. The van der Waals surface area contributed by atoms with Crippen molar-refractivity contribution < 1.29 is 4.74 Å². The Balaban J connectivity index is 2.04. The molecule has 0 fully saturated rings. The van der Waals surface area contributed by atoms with E-state index < -0.39 is 0 Å². The van der Waals surface area contributed by atoms with E-state index in [1.54, 1.807) is 7.11 Å². The molecule has 0 spiro atoms. The number of rotatable bonds is 7. The smallest absolute Gasteiger partial charge is 0.0633 e. The molecule has 3 nitrogen and oxygen atoms in total. The van der Waals surface area contributed by atoms with Crippen LogP contribution in [0.15, 0.2) is 24.3 Å². The van der Waals surface area contributed by atoms with Crippen molar-refractivity contribution in [2.75, 3.05) is 31.7 Å². The van der Waals surface area contributed by atoms with E-state index in [1.165, 1.54) is 11.3 Å². The van der Waals surface area contributed by atoms with Crippen molar-refractivity contribution in [3.05, 3.63) is 29.8 Å². The Labute approximate surface area is 116 Å². The Kier molecular flexibility index (Phi) is 5.23. The predicted molar refractivity (Wildman–Crippen MR) is 80.9 cm³/mol. The highest BCUT2D eigenvalue weighted by atomic mass is 16.5. The molecule has 3 heteroatoms. The zero-order valence-electron chi connectivity index (χ0n) is 12.4. The first-order valence-electron chi connectivity index (χ1n) is 7.33. The van der Waals surface area contributed by atoms with Crippen LogP contribution in [0.1, 0.15) is 25.8 Å². The van der Waals surface area contributed by atoms with E-state index in [0.29, 0.717) is 12.1 Å². The van der Waals surface area contributed by atoms with Crippen molar-refractivity contribution in [1.82, 2.24) is 5.32 Å². The fourth-order valence-electron chi connectivity index (χ4n) is 2.87. The molecule has 2 atom stereocenters. The van der Waals surface area contributed by atoms with Crippen LogP contribution in [0.2, 0.25) is 0 Å². The molecule has 1 aliphatic rings. The lowest BCUT2D eigenvalue weighted by molar-refractivity contribution is 0.167. The summed E-state index contributed by atoms with van der Waals surface area (Å²) in [5.74, 6) is 0. The van der Waals surface area contributed by atoms with Gasteiger partial charge in [-0.3, -0.25) is 0 Å². The molecule has 0 bridgehead atoms. The topological polar surface area (TPSA) is 24.5 Å². The third-order valence-corrected chi connectivity index (χ3v) is 3.82. The van der Waals surface area contributed by atoms with Gasteiger partial charge in [-0.05, 0) is 37.9 Å². The van der Waals surface area contributed by atoms with Gasteiger partial charge in [0.15, 0.2) is 0 Å². The molecule has 1 aromatic rings. The summed E-state index contributed by atoms with van der Waals surface area (Å²) >= 11 is 0. The third-order valence-electron chi connectivity index (χ3n) is 3.82. The van der Waals surface area contributed by atoms with E-state index in [9.17, 15) is 0 Å². The number of para-hydroxylation sites is 1. The lowest BCUT2D eigenvalue weighted by atomic mass is 10.1. The molecule has 106 valence electrons. The van der Waals surface area contributed by atoms with Gasteiger partial charge >= 0.3 is 0 Å². The van der Waals surface area contributed by atoms with Gasteiger partial charge in [0, 0.05) is 31.4 Å². The van der Waals surface area contributed by atoms with Crippen molar-refractivity contribution >= 4 is 5.69 Å². The van der Waals surface area contributed by atoms with Gasteiger partial charge in [0.25, 0.3) is 0 Å². The monoisotopic (exact) mass is 262 g/mol. The molecule has 0 aromatic heterocycles. The number of fused-ring (bicyclic) bond motifs is 1. The van der Waals surface area contributed by atoms with Gasteiger partial charge in [-0.1, -0.05) is 25.1 Å². The Morgan fingerprint density at radius 2 is 2.21 bits per heavy atom. The minimum atomic E-state index is 0.401. The van der Waals surface area contributed by atoms with Crippen LogP contribution in [0.4, 0.5) is 5.69 Å². The maximum Gasteiger partial charge on any atom is 0.0633 e. The molecule has 0 saturated heterocycles. The summed E-state index contributed by atoms with van der Waals surface area (Å²) < 4.78 is 5.35. The van der Waals surface area contributed by atoms with Crippen LogP contribution in [0, 0.1) is 0 Å². The highest BCUT2D eigenvalue weighted by Crippen LogP contribution is 2.31. The first-order valence-corrected chi connectivity index (χ1v) is 7.33. The molecule has 2 unspecified atom stereocenters. The van der Waals surface area contributed by atoms with E-state index in [4.69, 9.17) is 4.74 Å². The third kappa shape index (κ3) is 3.48. The molecule has 1 aliphatic heterocycles. The molecule has 19 heavy (non-hydrogen) atoms. The van der Waals surface area contributed by atoms with E-state index in [2.05, 4.69) is 48.3 Å². The number of ether oxygens (including phenoxy) is 1. The number of benzene rings is 1. The Morgan fingerprint density at radius 3 is 2.95 bits per heavy atom. The van der Waals surface area contributed by atoms with Crippen LogP contribution in [0.25, 0.3) is 0 Å². The van der Waals surface area contributed by atoms with Crippen LogP contribution in [0.3, 0.4) is 0 Å². The number of nitrogens with zero attached hydrogens (tertiary/aromatic N) is 1. The van der Waals surface area contributed by atoms with Crippen LogP contribution in [-0.2, 0) is 11.2 Å². The predicted octanol–water partition coefficient (Wildman–Crippen LogP) is 2.45. The largest absolute Gasteiger partial charge is 0.383 e. The first-order chi connectivity index (χ1) is 9.26. The number of hydrogen-bond acceptors (Lipinski definition) is 3. The van der Waals surface area contributed by atoms with Gasteiger partial charge in [-0.2, -0.15) is 0 Å². The Bertz CT molecular complexity index is 394. The van der Waals surface area contributed by atoms with Crippen molar-refractivity contribution in [2.45, 2.75) is 38.8 Å². The normalized spacial score (nSPS) is 19.5. The van der Waals surface area contributed by atoms with Gasteiger partial charge in [-0.25, -0.2) is 0 Å². The van der Waals surface area contributed by atoms with E-state index in [1.807, 2.05) is 0 Å². The molecular weight excluding hydrogens is 236 g/mol. The minimum Gasteiger partial charge on any atom is -0.383 e. The summed E-state index contributed by atoms with van der Waals surface area (Å²) in [6.07, 6.45) is 2.32. The molecule has 0 amide bonds. The standard InChI is InChI=1S/C16H26N2O/c1-4-9-17-15(12-19-3)11-18-13(2)10-14-7-5-6-8-16(14)18/h5-8,13,15,17H,4,9-12H2,1-3H3. The summed E-state index contributed by atoms with van der Waals surface area (Å²) in [6.45, 7) is 7.35. The summed E-state index contributed by atoms with van der Waals surface area (Å²) in [5.41, 5.74) is 2.87. The van der Waals surface area contributed by atoms with Crippen molar-refractivity contribution in [1.29, 1.82) is 0 Å². The summed E-state index contributed by atoms with van der Waals surface area (Å²) in [7, 11) is 1.78. The second-order valence-corrected chi connectivity index (χ2v) is 5.44. The highest BCUT2D eigenvalue weighted by molar-refractivity contribution is 5.59. The number of anilines is 1. The van der Waals surface area contributed by atoms with Gasteiger partial charge in [0.1, 0.15) is 0 Å². The molecule has 1 heterocycles. The maximum atomic E-state index is 5.35. The van der Waals surface area contributed by atoms with E-state index in [-0.39, 0.29) is 0 Å². The molecule has 2 rings (SSSR count). The molecule has 0 saturated carbocycles. The fourth-order valence-corrected chi connectivity index (χ4v) is 2.87. The van der Waals surface area contributed by atoms with Gasteiger partial charge in [-0.15, -0.1) is 0 Å². The first kappa shape index (κ1) is 14.4. The second-order valence-electron chi connectivity index (χ2n) is 5.44. The molecular formula is C16H26N2O. The second kappa shape index (κ2) is 6.92. The molecule has 1 aromatic carbocycles. The van der Waals surface area contributed by atoms with Crippen LogP contribution in [-0.4, -0.2) is 38.9 Å². The van der Waals surface area contributed by atoms with Crippen LogP contribution < -0.4 is 10.2 Å². The lowest BCUT2D eigenvalue weighted by Crippen LogP contribution is -2.46. The summed E-state index contributed by atoms with van der Waals surface area (Å²) in [4.78, 5) is 2.52. The van der Waals surface area contributed by atoms with Crippen molar-refractivity contribution in [3.63, 3.8) is 0 Å². The Morgan fingerprint density at radius 1 is 1.42 bits per heavy atom. The SMILES string of the molecule is CCCNC(COC)CN1c2ccccc2CC1C. The lowest BCUT2D eigenvalue weighted by Gasteiger charge is -2.30. The fraction of sp³-hybridized carbons (Fsp3) is 0.625. The zero-order valence-corrected chi connectivity index (χ0v) is 12.4. The Hall–Kier alpha value is -1.06. The van der Waals surface area contributed by atoms with E-state index >= 15 is 0 Å². The van der Waals surface area contributed by atoms with Crippen molar-refractivity contribution in [2.24, 2.45) is 0 Å². The molecule has 0 aliphatic carbocycles. The quantitative estimate of drug-likeness (QED) is 0.817. The van der Waals surface area contributed by atoms with Crippen LogP contribution >= 0.6 is 0 Å². The average molecular weight is 262 g/mol. The minimum absolute atomic E-state index is 0.401. The summed E-state index contributed by atoms with van der Waals surface area (Å²) in [5, 5.41) is 3.58. The maximum absolute atomic E-state index is 5.35. The van der Waals surface area contributed by atoms with Gasteiger partial charge < -0.3 is 15.0 Å².